The van der Waals surface area contributed by atoms with E-state index in [1.54, 1.807) is 0 Å². The van der Waals surface area contributed by atoms with Crippen molar-refractivity contribution in [3.05, 3.63) is 416 Å². The lowest BCUT2D eigenvalue weighted by Gasteiger charge is -2.46. The first-order valence-electron chi connectivity index (χ1n) is 44.8. The number of nitrogens with zero attached hydrogens (tertiary/aromatic N) is 6. The van der Waals surface area contributed by atoms with Gasteiger partial charge in [-0.2, -0.15) is 0 Å². The van der Waals surface area contributed by atoms with Crippen molar-refractivity contribution in [2.75, 3.05) is 29.4 Å². The van der Waals surface area contributed by atoms with Crippen molar-refractivity contribution in [2.24, 2.45) is 0 Å². The molecule has 24 rings (SSSR count). The Balaban J connectivity index is 0.626. The van der Waals surface area contributed by atoms with Crippen LogP contribution in [-0.2, 0) is 5.41 Å². The molecule has 0 bridgehead atoms. The van der Waals surface area contributed by atoms with Crippen LogP contribution in [0.2, 0.25) is 0 Å². The quantitative estimate of drug-likeness (QED) is 0.0946. The van der Waals surface area contributed by atoms with Gasteiger partial charge >= 0.3 is 0 Å². The number of allylic oxidation sites excluding steroid dienone is 1. The van der Waals surface area contributed by atoms with E-state index in [1.165, 1.54) is 197 Å². The molecule has 1 aromatic heterocycles. The molecule has 594 valence electrons. The van der Waals surface area contributed by atoms with Gasteiger partial charge in [0.05, 0.1) is 5.69 Å². The van der Waals surface area contributed by atoms with E-state index in [9.17, 15) is 0 Å². The molecule has 4 aliphatic heterocycles. The summed E-state index contributed by atoms with van der Waals surface area (Å²) in [5.74, 6) is 0.888. The lowest BCUT2D eigenvalue weighted by atomic mass is 9.30. The summed E-state index contributed by atoms with van der Waals surface area (Å²) < 4.78 is 2.70. The minimum absolute atomic E-state index is 0.0125. The first-order chi connectivity index (χ1) is 61.3. The fourth-order valence-electron chi connectivity index (χ4n) is 22.5. The molecule has 0 amide bonds. The molecule has 2 saturated carbocycles. The summed E-state index contributed by atoms with van der Waals surface area (Å²) in [4.78, 5) is 15.5. The van der Waals surface area contributed by atoms with Gasteiger partial charge < -0.3 is 29.4 Å². The SMILES string of the molecule is CC1(C)C2=C(c3ccccc31)N(c1cccc(-c3cccc(-c4cccc(N(c5ccccc5)c5cccc(N6c7ccccc7B7c8sc9ccccc9c8N(c8cccc(-c9ccccc9)c8)c8cc(C9CCCCC9)cc6c87)c5)c4)c3)c1)c1cc(C3CCCCC3)cc3c1B2c1ccccc1N3c1cccc(N(c2ccccc2)c2ccccc2)c1. The van der Waals surface area contributed by atoms with Gasteiger partial charge in [-0.15, -0.1) is 11.3 Å². The molecule has 0 spiro atoms. The van der Waals surface area contributed by atoms with Gasteiger partial charge in [0.2, 0.25) is 6.71 Å². The summed E-state index contributed by atoms with van der Waals surface area (Å²) in [5, 5.41) is 1.30. The average Bonchev–Trinajstić information content (AvgIpc) is 1.42. The number of fused-ring (bicyclic) bond motifs is 11. The van der Waals surface area contributed by atoms with Crippen molar-refractivity contribution >= 4 is 164 Å². The van der Waals surface area contributed by atoms with E-state index in [0.29, 0.717) is 11.8 Å². The molecule has 124 heavy (non-hydrogen) atoms. The maximum absolute atomic E-state index is 2.72. The Kier molecular flexibility index (Phi) is 18.1. The van der Waals surface area contributed by atoms with Gasteiger partial charge in [0.15, 0.2) is 0 Å². The van der Waals surface area contributed by atoms with Crippen LogP contribution in [-0.4, -0.2) is 13.4 Å². The van der Waals surface area contributed by atoms with E-state index >= 15 is 0 Å². The van der Waals surface area contributed by atoms with E-state index in [0.717, 1.165) is 67.9 Å². The third-order valence-corrected chi connectivity index (χ3v) is 29.3. The van der Waals surface area contributed by atoms with Crippen LogP contribution < -0.4 is 56.0 Å². The van der Waals surface area contributed by atoms with Gasteiger partial charge in [-0.25, -0.2) is 0 Å². The van der Waals surface area contributed by atoms with Crippen molar-refractivity contribution in [3.8, 4) is 33.4 Å². The predicted molar refractivity (Wildman–Crippen MR) is 528 cm³/mol. The Morgan fingerprint density at radius 2 is 0.677 bits per heavy atom. The van der Waals surface area contributed by atoms with Crippen LogP contribution in [0.15, 0.2) is 394 Å². The molecule has 5 heterocycles. The van der Waals surface area contributed by atoms with Crippen LogP contribution in [0.4, 0.5) is 96.7 Å². The van der Waals surface area contributed by atoms with Gasteiger partial charge in [0.25, 0.3) is 6.71 Å². The van der Waals surface area contributed by atoms with Crippen LogP contribution >= 0.6 is 11.3 Å². The number of anilines is 17. The molecule has 0 unspecified atom stereocenters. The maximum Gasteiger partial charge on any atom is 0.264 e. The lowest BCUT2D eigenvalue weighted by molar-refractivity contribution is 0.444. The smallest absolute Gasteiger partial charge is 0.264 e. The molecule has 0 N–H and O–H groups in total. The highest BCUT2D eigenvalue weighted by atomic mass is 32.1. The zero-order valence-electron chi connectivity index (χ0n) is 69.9. The second-order valence-electron chi connectivity index (χ2n) is 35.5. The Morgan fingerprint density at radius 3 is 1.24 bits per heavy atom. The van der Waals surface area contributed by atoms with Crippen LogP contribution in [0.1, 0.15) is 112 Å². The molecule has 0 atom stereocenters. The number of para-hydroxylation sites is 5. The molecule has 3 aliphatic carbocycles. The first kappa shape index (κ1) is 74.0. The summed E-state index contributed by atoms with van der Waals surface area (Å²) in [6.07, 6.45) is 12.3. The highest BCUT2D eigenvalue weighted by molar-refractivity contribution is 7.33. The molecule has 0 saturated heterocycles. The van der Waals surface area contributed by atoms with Gasteiger partial charge in [-0.05, 0) is 267 Å². The summed E-state index contributed by atoms with van der Waals surface area (Å²) in [6.45, 7) is 4.99. The number of hydrogen-bond donors (Lipinski definition) is 0. The van der Waals surface area contributed by atoms with Crippen LogP contribution in [0.25, 0.3) is 49.2 Å². The van der Waals surface area contributed by atoms with Gasteiger partial charge in [0, 0.05) is 123 Å². The van der Waals surface area contributed by atoms with E-state index in [2.05, 4.69) is 431 Å². The third-order valence-electron chi connectivity index (χ3n) is 28.1. The van der Waals surface area contributed by atoms with Crippen molar-refractivity contribution in [3.63, 3.8) is 0 Å². The number of hydrogen-bond acceptors (Lipinski definition) is 7. The molecule has 9 heteroatoms. The molecule has 17 aromatic rings. The zero-order valence-corrected chi connectivity index (χ0v) is 70.7. The Bertz CT molecular complexity index is 7030. The lowest BCUT2D eigenvalue weighted by Crippen LogP contribution is -2.60. The molecule has 16 aromatic carbocycles. The van der Waals surface area contributed by atoms with Gasteiger partial charge in [-0.3, -0.25) is 0 Å². The van der Waals surface area contributed by atoms with Crippen LogP contribution in [0.5, 0.6) is 0 Å². The van der Waals surface area contributed by atoms with E-state index in [-0.39, 0.29) is 18.8 Å². The van der Waals surface area contributed by atoms with Gasteiger partial charge in [-0.1, -0.05) is 288 Å². The summed E-state index contributed by atoms with van der Waals surface area (Å²) in [7, 11) is 0. The molecule has 6 nitrogen and oxygen atoms in total. The minimum Gasteiger partial charge on any atom is -0.311 e. The average molecular weight is 1610 g/mol. The van der Waals surface area contributed by atoms with Crippen molar-refractivity contribution in [1.82, 2.24) is 0 Å². The van der Waals surface area contributed by atoms with Crippen molar-refractivity contribution in [2.45, 2.75) is 95.3 Å². The van der Waals surface area contributed by atoms with Crippen LogP contribution in [0.3, 0.4) is 0 Å². The third kappa shape index (κ3) is 12.3. The van der Waals surface area contributed by atoms with E-state index in [4.69, 9.17) is 0 Å². The standard InChI is InChI=1S/C115H92B2N6S/c1-115(2)99-61-23-21-59-97(99)111-113(115)116-100-62-24-26-64-102(100)120(95-57-33-55-93(75-95)118(87-46-15-6-16-47-87)88-48-17-7-18-49-88)104-71-85(78-37-11-4-12-38-78)73-106(109(104)116)122(111)91-53-32-45-84(70-91)81-42-29-41-80(67-81)83-44-31-52-90(69-83)119(89-50-19-8-20-51-89)94-56-34-58-96(76-94)121-103-65-27-25-63-101(103)117-110-105(121)72-86(79-39-13-5-14-40-79)74-107(110)123(112-98-60-22-28-66-108(98)124-114(112)117)92-54-30-43-82(68-92)77-35-9-3-10-36-77/h3,6-10,15-36,41-76,78-79H,4-5,11-14,37-40H2,1-2H3. The Labute approximate surface area is 732 Å². The molecular weight excluding hydrogens is 1520 g/mol. The number of thiophene rings is 1. The monoisotopic (exact) mass is 1610 g/mol. The molecule has 7 aliphatic rings. The normalized spacial score (nSPS) is 15.4. The maximum atomic E-state index is 2.72. The zero-order chi connectivity index (χ0) is 82.1. The van der Waals surface area contributed by atoms with E-state index < -0.39 is 0 Å². The molecular formula is C115H92B2N6S. The Morgan fingerprint density at radius 1 is 0.298 bits per heavy atom. The van der Waals surface area contributed by atoms with E-state index in [1.807, 2.05) is 11.3 Å². The summed E-state index contributed by atoms with van der Waals surface area (Å²) in [6, 6.07) is 147. The highest BCUT2D eigenvalue weighted by Crippen LogP contribution is 2.59. The minimum atomic E-state index is -0.316. The fourth-order valence-corrected chi connectivity index (χ4v) is 23.8. The second kappa shape index (κ2) is 30.3. The van der Waals surface area contributed by atoms with Crippen molar-refractivity contribution in [1.29, 1.82) is 0 Å². The van der Waals surface area contributed by atoms with Crippen molar-refractivity contribution < 1.29 is 0 Å². The predicted octanol–water partition coefficient (Wildman–Crippen LogP) is 28.8. The molecule has 0 radical (unpaired) electrons. The van der Waals surface area contributed by atoms with Crippen LogP contribution in [0, 0.1) is 0 Å². The number of benzene rings is 16. The summed E-state index contributed by atoms with van der Waals surface area (Å²) in [5.41, 5.74) is 40.4. The van der Waals surface area contributed by atoms with Gasteiger partial charge in [0.1, 0.15) is 0 Å². The Hall–Kier alpha value is -13.9. The topological polar surface area (TPSA) is 19.4 Å². The largest absolute Gasteiger partial charge is 0.311 e. The highest BCUT2D eigenvalue weighted by Gasteiger charge is 2.54. The molecule has 2 fully saturated rings. The first-order valence-corrected chi connectivity index (χ1v) is 45.6. The second-order valence-corrected chi connectivity index (χ2v) is 36.6. The fraction of sp³-hybridized carbons (Fsp3) is 0.130. The summed E-state index contributed by atoms with van der Waals surface area (Å²) >= 11 is 1.97. The number of rotatable bonds is 15.